The van der Waals surface area contributed by atoms with Gasteiger partial charge in [0.2, 0.25) is 15.9 Å². The molecule has 7 heteroatoms. The fourth-order valence-corrected chi connectivity index (χ4v) is 5.17. The molecule has 1 aliphatic rings. The van der Waals surface area contributed by atoms with Crippen LogP contribution in [-0.2, 0) is 27.8 Å². The summed E-state index contributed by atoms with van der Waals surface area (Å²) < 4.78 is 32.5. The van der Waals surface area contributed by atoms with Gasteiger partial charge in [0, 0.05) is 38.0 Å². The van der Waals surface area contributed by atoms with Gasteiger partial charge in [-0.3, -0.25) is 4.79 Å². The van der Waals surface area contributed by atoms with Crippen LogP contribution >= 0.6 is 0 Å². The molecule has 1 amide bonds. The first-order chi connectivity index (χ1) is 15.0. The molecule has 6 nitrogen and oxygen atoms in total. The number of nitrogens with one attached hydrogen (secondary N) is 1. The number of sulfonamides is 1. The van der Waals surface area contributed by atoms with Gasteiger partial charge < -0.3 is 9.73 Å². The Morgan fingerprint density at radius 1 is 0.935 bits per heavy atom. The Kier molecular flexibility index (Phi) is 6.53. The fourth-order valence-electron chi connectivity index (χ4n) is 3.65. The van der Waals surface area contributed by atoms with Crippen LogP contribution in [0.4, 0.5) is 0 Å². The van der Waals surface area contributed by atoms with E-state index in [2.05, 4.69) is 5.32 Å². The normalized spacial score (nSPS) is 14.6. The Balaban J connectivity index is 1.26. The smallest absolute Gasteiger partial charge is 0.243 e. The molecule has 1 saturated heterocycles. The number of rotatable bonds is 8. The lowest BCUT2D eigenvalue weighted by Crippen LogP contribution is -2.28. The van der Waals surface area contributed by atoms with E-state index in [1.807, 2.05) is 42.5 Å². The summed E-state index contributed by atoms with van der Waals surface area (Å²) in [5, 5.41) is 2.88. The molecule has 1 aromatic heterocycles. The Morgan fingerprint density at radius 2 is 1.65 bits per heavy atom. The summed E-state index contributed by atoms with van der Waals surface area (Å²) >= 11 is 0. The number of carbonyl (C=O) groups excluding carboxylic acids is 1. The molecule has 0 bridgehead atoms. The highest BCUT2D eigenvalue weighted by molar-refractivity contribution is 7.89. The van der Waals surface area contributed by atoms with Crippen LogP contribution in [0.1, 0.15) is 30.6 Å². The molecule has 3 aromatic rings. The lowest BCUT2D eigenvalue weighted by atomic mass is 10.2. The van der Waals surface area contributed by atoms with Crippen LogP contribution in [0, 0.1) is 0 Å². The van der Waals surface area contributed by atoms with Gasteiger partial charge in [-0.1, -0.05) is 42.5 Å². The molecule has 1 N–H and O–H groups in total. The van der Waals surface area contributed by atoms with Gasteiger partial charge in [0.1, 0.15) is 11.5 Å². The zero-order valence-corrected chi connectivity index (χ0v) is 18.1. The van der Waals surface area contributed by atoms with E-state index >= 15 is 0 Å². The maximum Gasteiger partial charge on any atom is 0.243 e. The fraction of sp³-hybridized carbons (Fsp3) is 0.292. The molecule has 0 aliphatic carbocycles. The SMILES string of the molecule is O=C(CCc1ccc(-c2ccccc2)o1)NCc1ccc(S(=O)(=O)N2CCCC2)cc1. The maximum atomic E-state index is 12.6. The first-order valence-corrected chi connectivity index (χ1v) is 12.0. The van der Waals surface area contributed by atoms with Gasteiger partial charge in [0.25, 0.3) is 0 Å². The number of hydrogen-bond acceptors (Lipinski definition) is 4. The molecular formula is C24H26N2O4S. The van der Waals surface area contributed by atoms with Gasteiger partial charge in [-0.25, -0.2) is 8.42 Å². The highest BCUT2D eigenvalue weighted by Crippen LogP contribution is 2.23. The van der Waals surface area contributed by atoms with E-state index in [1.54, 1.807) is 24.3 Å². The van der Waals surface area contributed by atoms with E-state index in [0.717, 1.165) is 35.5 Å². The molecule has 0 saturated carbocycles. The summed E-state index contributed by atoms with van der Waals surface area (Å²) in [4.78, 5) is 12.5. The van der Waals surface area contributed by atoms with E-state index in [0.29, 0.717) is 37.4 Å². The lowest BCUT2D eigenvalue weighted by Gasteiger charge is -2.15. The predicted octanol–water partition coefficient (Wildman–Crippen LogP) is 3.98. The van der Waals surface area contributed by atoms with Crippen molar-refractivity contribution in [3.63, 3.8) is 0 Å². The minimum Gasteiger partial charge on any atom is -0.461 e. The molecule has 2 aromatic carbocycles. The zero-order chi connectivity index (χ0) is 21.7. The van der Waals surface area contributed by atoms with Crippen LogP contribution in [0.3, 0.4) is 0 Å². The van der Waals surface area contributed by atoms with Crippen LogP contribution in [0.2, 0.25) is 0 Å². The second-order valence-electron chi connectivity index (χ2n) is 7.66. The van der Waals surface area contributed by atoms with E-state index in [9.17, 15) is 13.2 Å². The first kappa shape index (κ1) is 21.3. The second kappa shape index (κ2) is 9.49. The monoisotopic (exact) mass is 438 g/mol. The van der Waals surface area contributed by atoms with Gasteiger partial charge in [-0.15, -0.1) is 0 Å². The summed E-state index contributed by atoms with van der Waals surface area (Å²) in [6.45, 7) is 1.53. The topological polar surface area (TPSA) is 79.6 Å². The van der Waals surface area contributed by atoms with E-state index < -0.39 is 10.0 Å². The highest BCUT2D eigenvalue weighted by atomic mass is 32.2. The Hall–Kier alpha value is -2.90. The Morgan fingerprint density at radius 3 is 2.35 bits per heavy atom. The first-order valence-electron chi connectivity index (χ1n) is 10.5. The van der Waals surface area contributed by atoms with Crippen LogP contribution in [0.25, 0.3) is 11.3 Å². The number of hydrogen-bond donors (Lipinski definition) is 1. The third-order valence-electron chi connectivity index (χ3n) is 5.43. The molecule has 4 rings (SSSR count). The van der Waals surface area contributed by atoms with Crippen molar-refractivity contribution >= 4 is 15.9 Å². The van der Waals surface area contributed by atoms with Gasteiger partial charge in [-0.05, 0) is 42.7 Å². The van der Waals surface area contributed by atoms with Gasteiger partial charge in [-0.2, -0.15) is 4.31 Å². The maximum absolute atomic E-state index is 12.6. The van der Waals surface area contributed by atoms with Gasteiger partial charge in [0.15, 0.2) is 0 Å². The van der Waals surface area contributed by atoms with E-state index in [1.165, 1.54) is 4.31 Å². The minimum absolute atomic E-state index is 0.0774. The Bertz CT molecular complexity index is 1120. The van der Waals surface area contributed by atoms with Crippen molar-refractivity contribution < 1.29 is 17.6 Å². The Labute approximate surface area is 182 Å². The molecule has 0 unspecified atom stereocenters. The molecule has 0 atom stereocenters. The van der Waals surface area contributed by atoms with Crippen molar-refractivity contribution in [2.45, 2.75) is 37.1 Å². The van der Waals surface area contributed by atoms with Crippen molar-refractivity contribution in [1.82, 2.24) is 9.62 Å². The van der Waals surface area contributed by atoms with Crippen LogP contribution in [0.15, 0.2) is 76.0 Å². The zero-order valence-electron chi connectivity index (χ0n) is 17.3. The third-order valence-corrected chi connectivity index (χ3v) is 7.35. The summed E-state index contributed by atoms with van der Waals surface area (Å²) in [5.74, 6) is 1.48. The average Bonchev–Trinajstić information content (AvgIpc) is 3.50. The molecule has 162 valence electrons. The van der Waals surface area contributed by atoms with Crippen LogP contribution in [0.5, 0.6) is 0 Å². The minimum atomic E-state index is -3.41. The largest absolute Gasteiger partial charge is 0.461 e. The van der Waals surface area contributed by atoms with Gasteiger partial charge >= 0.3 is 0 Å². The number of amides is 1. The summed E-state index contributed by atoms with van der Waals surface area (Å²) in [6.07, 6.45) is 2.67. The molecule has 0 radical (unpaired) electrons. The number of carbonyl (C=O) groups is 1. The molecule has 1 aliphatic heterocycles. The van der Waals surface area contributed by atoms with Gasteiger partial charge in [0.05, 0.1) is 4.90 Å². The van der Waals surface area contributed by atoms with Crippen molar-refractivity contribution in [3.8, 4) is 11.3 Å². The molecule has 1 fully saturated rings. The number of benzene rings is 2. The summed E-state index contributed by atoms with van der Waals surface area (Å²) in [6, 6.07) is 20.4. The van der Waals surface area contributed by atoms with Crippen molar-refractivity contribution in [1.29, 1.82) is 0 Å². The summed E-state index contributed by atoms with van der Waals surface area (Å²) in [7, 11) is -3.41. The molecule has 2 heterocycles. The van der Waals surface area contributed by atoms with E-state index in [4.69, 9.17) is 4.42 Å². The average molecular weight is 439 g/mol. The van der Waals surface area contributed by atoms with Crippen molar-refractivity contribution in [2.75, 3.05) is 13.1 Å². The summed E-state index contributed by atoms with van der Waals surface area (Å²) in [5.41, 5.74) is 1.87. The number of nitrogens with zero attached hydrogens (tertiary/aromatic N) is 1. The van der Waals surface area contributed by atoms with Crippen molar-refractivity contribution in [2.24, 2.45) is 0 Å². The molecule has 0 spiro atoms. The molecular weight excluding hydrogens is 412 g/mol. The third kappa shape index (κ3) is 5.24. The number of furan rings is 1. The van der Waals surface area contributed by atoms with Crippen molar-refractivity contribution in [3.05, 3.63) is 78.1 Å². The quantitative estimate of drug-likeness (QED) is 0.577. The van der Waals surface area contributed by atoms with Crippen LogP contribution in [-0.4, -0.2) is 31.7 Å². The highest BCUT2D eigenvalue weighted by Gasteiger charge is 2.26. The van der Waals surface area contributed by atoms with E-state index in [-0.39, 0.29) is 5.91 Å². The lowest BCUT2D eigenvalue weighted by molar-refractivity contribution is -0.121. The predicted molar refractivity (Wildman–Crippen MR) is 119 cm³/mol. The number of aryl methyl sites for hydroxylation is 1. The molecule has 31 heavy (non-hydrogen) atoms. The van der Waals surface area contributed by atoms with Crippen LogP contribution < -0.4 is 5.32 Å². The second-order valence-corrected chi connectivity index (χ2v) is 9.60. The standard InChI is InChI=1S/C24H26N2O4S/c27-24(15-11-21-10-14-23(30-21)20-6-2-1-3-7-20)25-18-19-8-12-22(13-9-19)31(28,29)26-16-4-5-17-26/h1-3,6-10,12-14H,4-5,11,15-18H2,(H,25,27).